The molecule has 0 unspecified atom stereocenters. The third-order valence-corrected chi connectivity index (χ3v) is 10.1. The van der Waals surface area contributed by atoms with Crippen LogP contribution in [-0.2, 0) is 32.6 Å². The lowest BCUT2D eigenvalue weighted by Gasteiger charge is -2.19. The highest BCUT2D eigenvalue weighted by atomic mass is 32.2. The minimum atomic E-state index is -4.37. The van der Waals surface area contributed by atoms with Gasteiger partial charge in [-0.15, -0.1) is 0 Å². The number of hydrogen-bond acceptors (Lipinski definition) is 9. The van der Waals surface area contributed by atoms with Gasteiger partial charge in [-0.1, -0.05) is 12.1 Å². The van der Waals surface area contributed by atoms with Crippen LogP contribution >= 0.6 is 0 Å². The number of hydrogen-bond donors (Lipinski definition) is 3. The first-order valence-corrected chi connectivity index (χ1v) is 18.4. The Labute approximate surface area is 318 Å². The van der Waals surface area contributed by atoms with Gasteiger partial charge in [0.1, 0.15) is 40.4 Å². The molecule has 0 aliphatic rings. The van der Waals surface area contributed by atoms with Gasteiger partial charge in [0.2, 0.25) is 5.95 Å². The van der Waals surface area contributed by atoms with Gasteiger partial charge in [0.05, 0.1) is 37.0 Å². The minimum Gasteiger partial charge on any atom is -0.496 e. The van der Waals surface area contributed by atoms with Crippen molar-refractivity contribution >= 4 is 33.2 Å². The molecule has 0 aliphatic heterocycles. The molecule has 3 aromatic heterocycles. The van der Waals surface area contributed by atoms with Crippen LogP contribution < -0.4 is 19.5 Å². The normalized spacial score (nSPS) is 12.0. The molecule has 13 nitrogen and oxygen atoms in total. The number of aliphatic carboxylic acids is 1. The number of anilines is 1. The standard InChI is InChI=1S/C39H34F3N5O8S/c1-4-55-21-22-15-32(53-2)35(33(16-22)54-3)28-10-7-26(47-14-13-44-37(28)47)20-31(39(49)50)45-38(48)36-29(40)18-25(19-30(36)41)46-56(51,52)27-8-5-23(6-9-27)24-11-12-43-34(42)17-24/h5-19,31,46H,4,20-21H2,1-3H3,(H,45,48)(H,49,50)/t31-/m0/s1. The van der Waals surface area contributed by atoms with Gasteiger partial charge in [0, 0.05) is 48.9 Å². The van der Waals surface area contributed by atoms with Crippen molar-refractivity contribution < 1.29 is 50.5 Å². The smallest absolute Gasteiger partial charge is 0.326 e. The number of amides is 1. The zero-order chi connectivity index (χ0) is 40.1. The first-order valence-electron chi connectivity index (χ1n) is 16.9. The van der Waals surface area contributed by atoms with E-state index in [1.54, 1.807) is 22.7 Å². The number of nitrogens with one attached hydrogen (secondary N) is 2. The first-order chi connectivity index (χ1) is 26.8. The van der Waals surface area contributed by atoms with Crippen molar-refractivity contribution in [1.29, 1.82) is 0 Å². The molecule has 0 bridgehead atoms. The Hall–Kier alpha value is -6.46. The van der Waals surface area contributed by atoms with Crippen molar-refractivity contribution in [3.05, 3.63) is 126 Å². The molecule has 3 aromatic carbocycles. The van der Waals surface area contributed by atoms with Crippen molar-refractivity contribution in [2.24, 2.45) is 0 Å². The van der Waals surface area contributed by atoms with Crippen molar-refractivity contribution in [3.63, 3.8) is 0 Å². The molecule has 6 aromatic rings. The van der Waals surface area contributed by atoms with Crippen molar-refractivity contribution in [3.8, 4) is 33.8 Å². The first kappa shape index (κ1) is 39.2. The van der Waals surface area contributed by atoms with E-state index < -0.39 is 56.8 Å². The number of ether oxygens (including phenoxy) is 3. The number of nitrogens with zero attached hydrogens (tertiary/aromatic N) is 3. The zero-order valence-electron chi connectivity index (χ0n) is 30.0. The number of aromatic nitrogens is 3. The van der Waals surface area contributed by atoms with Gasteiger partial charge >= 0.3 is 5.97 Å². The number of fused-ring (bicyclic) bond motifs is 1. The monoisotopic (exact) mass is 789 g/mol. The number of carboxylic acids is 1. The number of sulfonamides is 1. The van der Waals surface area contributed by atoms with Gasteiger partial charge in [-0.2, -0.15) is 4.39 Å². The van der Waals surface area contributed by atoms with Crippen LogP contribution in [0.25, 0.3) is 27.9 Å². The van der Waals surface area contributed by atoms with Crippen LogP contribution in [0, 0.1) is 17.6 Å². The third-order valence-electron chi connectivity index (χ3n) is 8.70. The SMILES string of the molecule is CCOCc1cc(OC)c(-c2ccc(C[C@H](NC(=O)c3c(F)cc(NS(=O)(=O)c4ccc(-c5ccnc(F)c5)cc4)cc3F)C(=O)O)n3ccnc23)c(OC)c1. The summed E-state index contributed by atoms with van der Waals surface area (Å²) in [5.41, 5.74) is 2.05. The molecule has 56 heavy (non-hydrogen) atoms. The minimum absolute atomic E-state index is 0.267. The molecule has 17 heteroatoms. The third kappa shape index (κ3) is 8.28. The van der Waals surface area contributed by atoms with E-state index in [2.05, 4.69) is 20.0 Å². The summed E-state index contributed by atoms with van der Waals surface area (Å²) < 4.78 is 90.8. The Morgan fingerprint density at radius 3 is 2.16 bits per heavy atom. The molecular formula is C39H34F3N5O8S. The second-order valence-electron chi connectivity index (χ2n) is 12.3. The summed E-state index contributed by atoms with van der Waals surface area (Å²) in [5, 5.41) is 12.2. The Kier molecular flexibility index (Phi) is 11.6. The van der Waals surface area contributed by atoms with Crippen LogP contribution in [0.5, 0.6) is 11.5 Å². The van der Waals surface area contributed by atoms with E-state index in [4.69, 9.17) is 14.2 Å². The summed E-state index contributed by atoms with van der Waals surface area (Å²) >= 11 is 0. The summed E-state index contributed by atoms with van der Waals surface area (Å²) in [6.07, 6.45) is 4.02. The second kappa shape index (κ2) is 16.5. The number of rotatable bonds is 15. The quantitative estimate of drug-likeness (QED) is 0.101. The lowest BCUT2D eigenvalue weighted by molar-refractivity contribution is -0.139. The number of pyridine rings is 2. The number of carbonyl (C=O) groups excluding carboxylic acids is 1. The van der Waals surface area contributed by atoms with E-state index in [0.717, 1.165) is 5.56 Å². The van der Waals surface area contributed by atoms with E-state index in [0.29, 0.717) is 70.4 Å². The maximum absolute atomic E-state index is 15.3. The van der Waals surface area contributed by atoms with Crippen molar-refractivity contribution in [2.45, 2.75) is 30.9 Å². The molecule has 6 rings (SSSR count). The number of benzene rings is 3. The molecule has 0 saturated carbocycles. The highest BCUT2D eigenvalue weighted by Gasteiger charge is 2.28. The summed E-state index contributed by atoms with van der Waals surface area (Å²) in [5.74, 6) is -5.54. The van der Waals surface area contributed by atoms with Crippen molar-refractivity contribution in [2.75, 3.05) is 25.5 Å². The lowest BCUT2D eigenvalue weighted by atomic mass is 10.0. The lowest BCUT2D eigenvalue weighted by Crippen LogP contribution is -2.43. The fourth-order valence-corrected chi connectivity index (χ4v) is 7.12. The summed E-state index contributed by atoms with van der Waals surface area (Å²) in [6.45, 7) is 2.72. The topological polar surface area (TPSA) is 170 Å². The van der Waals surface area contributed by atoms with Gasteiger partial charge in [-0.25, -0.2) is 32.0 Å². The van der Waals surface area contributed by atoms with Gasteiger partial charge in [0.15, 0.2) is 0 Å². The summed E-state index contributed by atoms with van der Waals surface area (Å²) in [7, 11) is -1.36. The predicted octanol–water partition coefficient (Wildman–Crippen LogP) is 6.26. The molecule has 0 radical (unpaired) electrons. The molecular weight excluding hydrogens is 756 g/mol. The molecule has 3 heterocycles. The zero-order valence-corrected chi connectivity index (χ0v) is 30.9. The average Bonchev–Trinajstić information content (AvgIpc) is 3.67. The molecule has 0 fully saturated rings. The second-order valence-corrected chi connectivity index (χ2v) is 13.9. The number of imidazole rings is 1. The molecule has 0 spiro atoms. The van der Waals surface area contributed by atoms with Crippen LogP contribution in [-0.4, -0.2) is 66.6 Å². The molecule has 3 N–H and O–H groups in total. The Bertz CT molecular complexity index is 2500. The van der Waals surface area contributed by atoms with Crippen LogP contribution in [0.15, 0.2) is 96.3 Å². The van der Waals surface area contributed by atoms with Crippen LogP contribution in [0.2, 0.25) is 0 Å². The summed E-state index contributed by atoms with van der Waals surface area (Å²) in [4.78, 5) is 33.2. The molecule has 0 saturated heterocycles. The van der Waals surface area contributed by atoms with E-state index in [1.807, 2.05) is 19.1 Å². The fourth-order valence-electron chi connectivity index (χ4n) is 6.08. The fraction of sp³-hybridized carbons (Fsp3) is 0.179. The maximum Gasteiger partial charge on any atom is 0.326 e. The van der Waals surface area contributed by atoms with Crippen LogP contribution in [0.1, 0.15) is 28.5 Å². The van der Waals surface area contributed by atoms with Gasteiger partial charge < -0.3 is 29.0 Å². The number of carbonyl (C=O) groups is 2. The number of carboxylic acid groups (broad SMARTS) is 1. The van der Waals surface area contributed by atoms with E-state index in [1.165, 1.54) is 63.0 Å². The van der Waals surface area contributed by atoms with E-state index in [-0.39, 0.29) is 11.3 Å². The van der Waals surface area contributed by atoms with Crippen molar-refractivity contribution in [1.82, 2.24) is 19.7 Å². The molecule has 290 valence electrons. The Morgan fingerprint density at radius 1 is 0.875 bits per heavy atom. The molecule has 1 atom stereocenters. The van der Waals surface area contributed by atoms with E-state index >= 15 is 8.78 Å². The largest absolute Gasteiger partial charge is 0.496 e. The number of methoxy groups -OCH3 is 2. The molecule has 0 aliphatic carbocycles. The highest BCUT2D eigenvalue weighted by molar-refractivity contribution is 7.92. The Morgan fingerprint density at radius 2 is 1.55 bits per heavy atom. The van der Waals surface area contributed by atoms with Gasteiger partial charge in [0.25, 0.3) is 15.9 Å². The maximum atomic E-state index is 15.3. The number of halogens is 3. The van der Waals surface area contributed by atoms with Gasteiger partial charge in [-0.05, 0) is 78.2 Å². The average molecular weight is 790 g/mol. The van der Waals surface area contributed by atoms with Crippen LogP contribution in [0.3, 0.4) is 0 Å². The van der Waals surface area contributed by atoms with Gasteiger partial charge in [-0.3, -0.25) is 9.52 Å². The predicted molar refractivity (Wildman–Crippen MR) is 198 cm³/mol. The highest BCUT2D eigenvalue weighted by Crippen LogP contribution is 2.41. The van der Waals surface area contributed by atoms with Crippen LogP contribution in [0.4, 0.5) is 18.9 Å². The summed E-state index contributed by atoms with van der Waals surface area (Å²) in [6, 6.07) is 14.4. The molecule has 1 amide bonds. The van der Waals surface area contributed by atoms with E-state index in [9.17, 15) is 27.5 Å². The Balaban J connectivity index is 1.21.